The Morgan fingerprint density at radius 2 is 1.67 bits per heavy atom. The molecule has 0 heterocycles. The molecule has 0 aliphatic rings. The van der Waals surface area contributed by atoms with Crippen molar-refractivity contribution in [2.75, 3.05) is 14.2 Å². The quantitative estimate of drug-likeness (QED) is 0.399. The fourth-order valence-corrected chi connectivity index (χ4v) is 0.889. The molecule has 7 heteroatoms. The second kappa shape index (κ2) is 4.71. The first kappa shape index (κ1) is 14.1. The van der Waals surface area contributed by atoms with Crippen LogP contribution in [0.2, 0.25) is 0 Å². The number of ketones is 1. The summed E-state index contributed by atoms with van der Waals surface area (Å²) < 4.78 is 45.3. The number of Topliss-reactive ketones (excluding diaryl/α,β-unsaturated/α-hetero) is 1. The van der Waals surface area contributed by atoms with Crippen molar-refractivity contribution in [2.45, 2.75) is 18.9 Å². The molecule has 0 radical (unpaired) electrons. The van der Waals surface area contributed by atoms with Gasteiger partial charge in [0.2, 0.25) is 5.78 Å². The van der Waals surface area contributed by atoms with E-state index in [1.807, 2.05) is 0 Å². The maximum absolute atomic E-state index is 12.2. The Morgan fingerprint density at radius 1 is 1.27 bits per heavy atom. The molecule has 1 atom stereocenters. The lowest BCUT2D eigenvalue weighted by Crippen LogP contribution is -2.50. The Hall–Kier alpha value is -0.950. The summed E-state index contributed by atoms with van der Waals surface area (Å²) in [6, 6.07) is 0. The monoisotopic (exact) mass is 228 g/mol. The highest BCUT2D eigenvalue weighted by atomic mass is 19.4. The lowest BCUT2D eigenvalue weighted by atomic mass is 9.99. The van der Waals surface area contributed by atoms with Crippen molar-refractivity contribution < 1.29 is 32.2 Å². The molecule has 0 saturated carbocycles. The first-order valence-electron chi connectivity index (χ1n) is 3.92. The molecule has 88 valence electrons. The predicted octanol–water partition coefficient (Wildman–Crippen LogP) is 0.942. The van der Waals surface area contributed by atoms with Crippen LogP contribution in [0.15, 0.2) is 0 Å². The molecule has 0 saturated heterocycles. The summed E-state index contributed by atoms with van der Waals surface area (Å²) in [5.41, 5.74) is 0. The summed E-state index contributed by atoms with van der Waals surface area (Å²) in [5.74, 6) is -6.29. The zero-order valence-corrected chi connectivity index (χ0v) is 8.42. The van der Waals surface area contributed by atoms with Crippen molar-refractivity contribution in [3.8, 4) is 0 Å². The number of alkyl halides is 3. The summed E-state index contributed by atoms with van der Waals surface area (Å²) in [5, 5.41) is 0. The van der Waals surface area contributed by atoms with Crippen LogP contribution in [0.4, 0.5) is 13.2 Å². The third-order valence-corrected chi connectivity index (χ3v) is 1.99. The van der Waals surface area contributed by atoms with Crippen molar-refractivity contribution in [1.82, 2.24) is 0 Å². The van der Waals surface area contributed by atoms with Crippen molar-refractivity contribution in [2.24, 2.45) is 5.92 Å². The average Bonchev–Trinajstić information content (AvgIpc) is 2.18. The first-order chi connectivity index (χ1) is 6.75. The number of halogens is 3. The Balaban J connectivity index is 5.04. The number of carbonyl (C=O) groups is 2. The van der Waals surface area contributed by atoms with Gasteiger partial charge < -0.3 is 9.47 Å². The maximum Gasteiger partial charge on any atom is 0.398 e. The molecule has 0 aromatic carbocycles. The van der Waals surface area contributed by atoms with E-state index in [1.165, 1.54) is 0 Å². The molecule has 0 aromatic heterocycles. The molecule has 0 amide bonds. The van der Waals surface area contributed by atoms with E-state index in [0.717, 1.165) is 14.2 Å². The summed E-state index contributed by atoms with van der Waals surface area (Å²) in [6.45, 7) is 0.638. The van der Waals surface area contributed by atoms with Crippen LogP contribution in [0.1, 0.15) is 6.92 Å². The molecule has 1 unspecified atom stereocenters. The Bertz CT molecular complexity index is 245. The standard InChI is InChI=1S/C8H11F3O4/c1-5(8(9,10)11)6(13)7(4-12,14-2)15-3/h4-5H,1-3H3. The van der Waals surface area contributed by atoms with Crippen LogP contribution in [0.5, 0.6) is 0 Å². The van der Waals surface area contributed by atoms with E-state index in [4.69, 9.17) is 0 Å². The molecule has 0 N–H and O–H groups in total. The van der Waals surface area contributed by atoms with Gasteiger partial charge in [-0.2, -0.15) is 13.2 Å². The molecule has 0 spiro atoms. The zero-order chi connectivity index (χ0) is 12.3. The van der Waals surface area contributed by atoms with Crippen molar-refractivity contribution in [3.63, 3.8) is 0 Å². The summed E-state index contributed by atoms with van der Waals surface area (Å²) in [4.78, 5) is 21.8. The van der Waals surface area contributed by atoms with Gasteiger partial charge in [0.15, 0.2) is 6.29 Å². The van der Waals surface area contributed by atoms with Crippen molar-refractivity contribution in [1.29, 1.82) is 0 Å². The Kier molecular flexibility index (Phi) is 4.42. The highest BCUT2D eigenvalue weighted by molar-refractivity contribution is 6.01. The van der Waals surface area contributed by atoms with Gasteiger partial charge in [0.05, 0.1) is 0 Å². The number of hydrogen-bond donors (Lipinski definition) is 0. The molecule has 15 heavy (non-hydrogen) atoms. The molecule has 0 aliphatic heterocycles. The van der Waals surface area contributed by atoms with E-state index >= 15 is 0 Å². The predicted molar refractivity (Wildman–Crippen MR) is 43.0 cm³/mol. The lowest BCUT2D eigenvalue weighted by Gasteiger charge is -2.26. The molecular weight excluding hydrogens is 217 g/mol. The second-order valence-corrected chi connectivity index (χ2v) is 2.82. The summed E-state index contributed by atoms with van der Waals surface area (Å²) in [7, 11) is 1.83. The highest BCUT2D eigenvalue weighted by Crippen LogP contribution is 2.30. The molecule has 0 rings (SSSR count). The van der Waals surface area contributed by atoms with Crippen LogP contribution in [0, 0.1) is 5.92 Å². The van der Waals surface area contributed by atoms with Gasteiger partial charge in [-0.15, -0.1) is 0 Å². The lowest BCUT2D eigenvalue weighted by molar-refractivity contribution is -0.220. The van der Waals surface area contributed by atoms with E-state index in [-0.39, 0.29) is 6.29 Å². The minimum absolute atomic E-state index is 0.0996. The van der Waals surface area contributed by atoms with Gasteiger partial charge in [-0.1, -0.05) is 0 Å². The largest absolute Gasteiger partial charge is 0.398 e. The third-order valence-electron chi connectivity index (χ3n) is 1.99. The number of methoxy groups -OCH3 is 2. The van der Waals surface area contributed by atoms with E-state index in [2.05, 4.69) is 9.47 Å². The minimum atomic E-state index is -4.73. The average molecular weight is 228 g/mol. The summed E-state index contributed by atoms with van der Waals surface area (Å²) >= 11 is 0. The van der Waals surface area contributed by atoms with Gasteiger partial charge in [0.1, 0.15) is 5.92 Å². The smallest absolute Gasteiger partial charge is 0.341 e. The highest BCUT2D eigenvalue weighted by Gasteiger charge is 2.51. The number of ether oxygens (including phenoxy) is 2. The fourth-order valence-electron chi connectivity index (χ4n) is 0.889. The molecule has 0 fully saturated rings. The third kappa shape index (κ3) is 2.75. The first-order valence-corrected chi connectivity index (χ1v) is 3.92. The van der Waals surface area contributed by atoms with Crippen LogP contribution in [-0.4, -0.2) is 38.3 Å². The van der Waals surface area contributed by atoms with Crippen LogP contribution in [0.3, 0.4) is 0 Å². The normalized spacial score (nSPS) is 14.8. The SMILES string of the molecule is COC(C=O)(OC)C(=O)C(C)C(F)(F)F. The number of aldehydes is 1. The molecule has 0 aromatic rings. The van der Waals surface area contributed by atoms with E-state index in [0.29, 0.717) is 6.92 Å². The molecule has 4 nitrogen and oxygen atoms in total. The van der Waals surface area contributed by atoms with Gasteiger partial charge in [0.25, 0.3) is 5.79 Å². The Morgan fingerprint density at radius 3 is 1.87 bits per heavy atom. The van der Waals surface area contributed by atoms with Gasteiger partial charge in [-0.05, 0) is 6.92 Å². The van der Waals surface area contributed by atoms with Crippen LogP contribution < -0.4 is 0 Å². The van der Waals surface area contributed by atoms with Crippen molar-refractivity contribution in [3.05, 3.63) is 0 Å². The van der Waals surface area contributed by atoms with Gasteiger partial charge >= 0.3 is 6.18 Å². The van der Waals surface area contributed by atoms with E-state index in [9.17, 15) is 22.8 Å². The summed E-state index contributed by atoms with van der Waals surface area (Å²) in [6.07, 6.45) is -4.83. The molecular formula is C8H11F3O4. The van der Waals surface area contributed by atoms with Gasteiger partial charge in [-0.3, -0.25) is 9.59 Å². The minimum Gasteiger partial charge on any atom is -0.341 e. The maximum atomic E-state index is 12.2. The van der Waals surface area contributed by atoms with Crippen LogP contribution in [-0.2, 0) is 19.1 Å². The van der Waals surface area contributed by atoms with Gasteiger partial charge in [0, 0.05) is 14.2 Å². The number of carbonyl (C=O) groups excluding carboxylic acids is 2. The van der Waals surface area contributed by atoms with Crippen LogP contribution >= 0.6 is 0 Å². The second-order valence-electron chi connectivity index (χ2n) is 2.82. The number of rotatable bonds is 5. The number of hydrogen-bond acceptors (Lipinski definition) is 4. The van der Waals surface area contributed by atoms with Crippen molar-refractivity contribution >= 4 is 12.1 Å². The fraction of sp³-hybridized carbons (Fsp3) is 0.750. The zero-order valence-electron chi connectivity index (χ0n) is 8.42. The van der Waals surface area contributed by atoms with Gasteiger partial charge in [-0.25, -0.2) is 0 Å². The van der Waals surface area contributed by atoms with E-state index < -0.39 is 23.7 Å². The van der Waals surface area contributed by atoms with Crippen LogP contribution in [0.25, 0.3) is 0 Å². The topological polar surface area (TPSA) is 52.6 Å². The van der Waals surface area contributed by atoms with E-state index in [1.54, 1.807) is 0 Å². The molecule has 0 aliphatic carbocycles. The Labute approximate surface area is 84.3 Å². The molecule has 0 bridgehead atoms.